The molecule has 0 spiro atoms. The molecule has 0 bridgehead atoms. The average molecular weight is 399 g/mol. The first kappa shape index (κ1) is 18.8. The summed E-state index contributed by atoms with van der Waals surface area (Å²) < 4.78 is 7.29. The Morgan fingerprint density at radius 3 is 2.82 bits per heavy atom. The topological polar surface area (TPSA) is 54.5 Å². The van der Waals surface area contributed by atoms with E-state index < -0.39 is 0 Å². The summed E-state index contributed by atoms with van der Waals surface area (Å²) in [5.74, 6) is 0.594. The van der Waals surface area contributed by atoms with Gasteiger partial charge in [0, 0.05) is 30.2 Å². The molecule has 1 aromatic carbocycles. The van der Waals surface area contributed by atoms with Gasteiger partial charge >= 0.3 is 0 Å². The van der Waals surface area contributed by atoms with Gasteiger partial charge in [0.2, 0.25) is 0 Å². The number of likely N-dealkylation sites (tertiary alicyclic amines) is 1. The summed E-state index contributed by atoms with van der Waals surface area (Å²) in [6, 6.07) is 13.2. The molecule has 0 radical (unpaired) electrons. The highest BCUT2D eigenvalue weighted by atomic mass is 35.5. The largest absolute Gasteiger partial charge is 0.463 e. The highest BCUT2D eigenvalue weighted by molar-refractivity contribution is 6.30. The zero-order valence-corrected chi connectivity index (χ0v) is 16.8. The quantitative estimate of drug-likeness (QED) is 0.667. The third-order valence-corrected chi connectivity index (χ3v) is 5.40. The zero-order valence-electron chi connectivity index (χ0n) is 16.0. The van der Waals surface area contributed by atoms with E-state index in [4.69, 9.17) is 16.0 Å². The van der Waals surface area contributed by atoms with Crippen molar-refractivity contribution in [2.45, 2.75) is 18.9 Å². The van der Waals surface area contributed by atoms with Crippen LogP contribution < -0.4 is 0 Å². The Balaban J connectivity index is 1.70. The highest BCUT2D eigenvalue weighted by Crippen LogP contribution is 2.27. The molecule has 1 aliphatic rings. The first-order valence-corrected chi connectivity index (χ1v) is 9.76. The van der Waals surface area contributed by atoms with E-state index >= 15 is 0 Å². The molecule has 1 saturated heterocycles. The fourth-order valence-corrected chi connectivity index (χ4v) is 3.80. The molecule has 2 aromatic heterocycles. The minimum atomic E-state index is -0.0554. The number of hydrogen-bond acceptors (Lipinski definition) is 4. The summed E-state index contributed by atoms with van der Waals surface area (Å²) in [6.45, 7) is 1.47. The molecular weight excluding hydrogens is 376 g/mol. The summed E-state index contributed by atoms with van der Waals surface area (Å²) in [5, 5.41) is 5.22. The van der Waals surface area contributed by atoms with E-state index in [1.54, 1.807) is 17.0 Å². The van der Waals surface area contributed by atoms with Crippen LogP contribution in [-0.4, -0.2) is 58.7 Å². The van der Waals surface area contributed by atoms with Crippen molar-refractivity contribution >= 4 is 17.5 Å². The highest BCUT2D eigenvalue weighted by Gasteiger charge is 2.28. The van der Waals surface area contributed by atoms with Gasteiger partial charge in [0.1, 0.15) is 5.69 Å². The summed E-state index contributed by atoms with van der Waals surface area (Å²) in [7, 11) is 4.11. The Hall–Kier alpha value is -2.57. The Labute approximate surface area is 169 Å². The second-order valence-corrected chi connectivity index (χ2v) is 7.73. The number of hydrogen-bond donors (Lipinski definition) is 0. The minimum Gasteiger partial charge on any atom is -0.463 e. The Kier molecular flexibility index (Phi) is 5.24. The van der Waals surface area contributed by atoms with Crippen LogP contribution in [0.4, 0.5) is 0 Å². The van der Waals surface area contributed by atoms with E-state index in [-0.39, 0.29) is 5.91 Å². The van der Waals surface area contributed by atoms with Gasteiger partial charge in [0.05, 0.1) is 12.0 Å². The number of aromatic nitrogens is 2. The van der Waals surface area contributed by atoms with Gasteiger partial charge in [-0.25, -0.2) is 4.68 Å². The fourth-order valence-electron chi connectivity index (χ4n) is 3.61. The molecule has 4 rings (SSSR count). The van der Waals surface area contributed by atoms with Crippen molar-refractivity contribution in [3.63, 3.8) is 0 Å². The maximum Gasteiger partial charge on any atom is 0.274 e. The van der Waals surface area contributed by atoms with Gasteiger partial charge in [-0.2, -0.15) is 5.10 Å². The maximum absolute atomic E-state index is 13.2. The summed E-state index contributed by atoms with van der Waals surface area (Å²) in [4.78, 5) is 17.2. The molecule has 6 nitrogen and oxygen atoms in total. The summed E-state index contributed by atoms with van der Waals surface area (Å²) in [5.41, 5.74) is 1.91. The predicted octanol–water partition coefficient (Wildman–Crippen LogP) is 3.95. The molecule has 7 heteroatoms. The predicted molar refractivity (Wildman–Crippen MR) is 109 cm³/mol. The molecule has 28 heavy (non-hydrogen) atoms. The molecule has 0 N–H and O–H groups in total. The van der Waals surface area contributed by atoms with E-state index in [0.717, 1.165) is 30.8 Å². The van der Waals surface area contributed by atoms with Gasteiger partial charge in [0.25, 0.3) is 5.91 Å². The van der Waals surface area contributed by atoms with Crippen molar-refractivity contribution in [1.82, 2.24) is 19.6 Å². The number of carbonyl (C=O) groups excluding carboxylic acids is 1. The lowest BCUT2D eigenvalue weighted by atomic mass is 10.0. The number of amides is 1. The molecule has 0 saturated carbocycles. The van der Waals surface area contributed by atoms with Gasteiger partial charge in [-0.15, -0.1) is 0 Å². The average Bonchev–Trinajstić information content (AvgIpc) is 3.37. The van der Waals surface area contributed by atoms with Crippen LogP contribution in [0.3, 0.4) is 0 Å². The van der Waals surface area contributed by atoms with E-state index in [2.05, 4.69) is 24.1 Å². The molecule has 1 fully saturated rings. The van der Waals surface area contributed by atoms with E-state index in [0.29, 0.717) is 29.1 Å². The lowest BCUT2D eigenvalue weighted by molar-refractivity contribution is 0.0629. The van der Waals surface area contributed by atoms with Crippen LogP contribution >= 0.6 is 11.6 Å². The van der Waals surface area contributed by atoms with Crippen LogP contribution in [0.1, 0.15) is 23.3 Å². The van der Waals surface area contributed by atoms with Gasteiger partial charge in [-0.3, -0.25) is 4.79 Å². The van der Waals surface area contributed by atoms with Crippen LogP contribution in [0.15, 0.2) is 53.1 Å². The molecular formula is C21H23ClN4O2. The number of furan rings is 1. The van der Waals surface area contributed by atoms with Gasteiger partial charge in [-0.1, -0.05) is 17.7 Å². The molecule has 3 aromatic rings. The number of rotatable bonds is 4. The van der Waals surface area contributed by atoms with Crippen LogP contribution in [0, 0.1) is 0 Å². The Morgan fingerprint density at radius 2 is 2.11 bits per heavy atom. The molecule has 146 valence electrons. The molecule has 1 amide bonds. The lowest BCUT2D eigenvalue weighted by Crippen LogP contribution is -2.47. The van der Waals surface area contributed by atoms with E-state index in [1.165, 1.54) is 0 Å². The number of carbonyl (C=O) groups is 1. The summed E-state index contributed by atoms with van der Waals surface area (Å²) in [6.07, 6.45) is 3.71. The lowest BCUT2D eigenvalue weighted by Gasteiger charge is -2.35. The SMILES string of the molecule is CN(C)C1CCCN(C(=O)c2cc(-c3ccco3)n(-c3cccc(Cl)c3)n2)C1. The van der Waals surface area contributed by atoms with Crippen LogP contribution in [-0.2, 0) is 0 Å². The van der Waals surface area contributed by atoms with Crippen molar-refractivity contribution < 1.29 is 9.21 Å². The number of benzene rings is 1. The maximum atomic E-state index is 13.2. The van der Waals surface area contributed by atoms with Gasteiger partial charge < -0.3 is 14.2 Å². The molecule has 0 aliphatic carbocycles. The van der Waals surface area contributed by atoms with Crippen LogP contribution in [0.2, 0.25) is 5.02 Å². The molecule has 3 heterocycles. The number of nitrogens with zero attached hydrogens (tertiary/aromatic N) is 4. The summed E-state index contributed by atoms with van der Waals surface area (Å²) >= 11 is 6.16. The molecule has 1 atom stereocenters. The molecule has 1 aliphatic heterocycles. The second-order valence-electron chi connectivity index (χ2n) is 7.29. The number of likely N-dealkylation sites (N-methyl/N-ethyl adjacent to an activating group) is 1. The third kappa shape index (κ3) is 3.70. The first-order chi connectivity index (χ1) is 13.5. The zero-order chi connectivity index (χ0) is 19.7. The van der Waals surface area contributed by atoms with Crippen molar-refractivity contribution in [2.24, 2.45) is 0 Å². The first-order valence-electron chi connectivity index (χ1n) is 9.38. The van der Waals surface area contributed by atoms with E-state index in [9.17, 15) is 4.79 Å². The van der Waals surface area contributed by atoms with Crippen molar-refractivity contribution in [3.05, 3.63) is 59.4 Å². The third-order valence-electron chi connectivity index (χ3n) is 5.17. The normalized spacial score (nSPS) is 17.3. The Bertz CT molecular complexity index is 965. The Morgan fingerprint density at radius 1 is 1.25 bits per heavy atom. The van der Waals surface area contributed by atoms with Gasteiger partial charge in [0.15, 0.2) is 11.5 Å². The molecule has 1 unspecified atom stereocenters. The van der Waals surface area contributed by atoms with E-state index in [1.807, 2.05) is 41.3 Å². The standard InChI is InChI=1S/C21H23ClN4O2/c1-24(2)17-8-4-10-25(14-17)21(27)18-13-19(20-9-5-11-28-20)26(23-18)16-7-3-6-15(22)12-16/h3,5-7,9,11-13,17H,4,8,10,14H2,1-2H3. The van der Waals surface area contributed by atoms with Crippen LogP contribution in [0.5, 0.6) is 0 Å². The van der Waals surface area contributed by atoms with Crippen LogP contribution in [0.25, 0.3) is 17.1 Å². The second kappa shape index (κ2) is 7.81. The monoisotopic (exact) mass is 398 g/mol. The van der Waals surface area contributed by atoms with Crippen molar-refractivity contribution in [3.8, 4) is 17.1 Å². The van der Waals surface area contributed by atoms with Crippen molar-refractivity contribution in [1.29, 1.82) is 0 Å². The van der Waals surface area contributed by atoms with Crippen molar-refractivity contribution in [2.75, 3.05) is 27.2 Å². The smallest absolute Gasteiger partial charge is 0.274 e. The number of piperidine rings is 1. The fraction of sp³-hybridized carbons (Fsp3) is 0.333. The number of halogens is 1. The van der Waals surface area contributed by atoms with Gasteiger partial charge in [-0.05, 0) is 57.3 Å². The minimum absolute atomic E-state index is 0.0554.